The Labute approximate surface area is 95.8 Å². The standard InChI is InChI=1S/C12H15NO2S/c1-9-3-4-10-11(7-9)16(14,15)12(8-13-10)5-2-6-12/h3-4,7,13H,2,5-6,8H2,1H3. The van der Waals surface area contributed by atoms with E-state index in [4.69, 9.17) is 0 Å². The quantitative estimate of drug-likeness (QED) is 0.751. The van der Waals surface area contributed by atoms with Crippen molar-refractivity contribution < 1.29 is 8.42 Å². The fraction of sp³-hybridized carbons (Fsp3) is 0.500. The molecule has 4 heteroatoms. The third-order valence-corrected chi connectivity index (χ3v) is 6.47. The van der Waals surface area contributed by atoms with E-state index in [0.717, 1.165) is 30.5 Å². The van der Waals surface area contributed by atoms with Gasteiger partial charge in [-0.3, -0.25) is 0 Å². The first-order valence-electron chi connectivity index (χ1n) is 5.64. The second-order valence-electron chi connectivity index (χ2n) is 4.89. The van der Waals surface area contributed by atoms with E-state index in [-0.39, 0.29) is 0 Å². The normalized spacial score (nSPS) is 24.3. The van der Waals surface area contributed by atoms with Crippen LogP contribution in [0.25, 0.3) is 0 Å². The molecular weight excluding hydrogens is 222 g/mol. The van der Waals surface area contributed by atoms with Crippen LogP contribution >= 0.6 is 0 Å². The van der Waals surface area contributed by atoms with E-state index in [1.165, 1.54) is 0 Å². The summed E-state index contributed by atoms with van der Waals surface area (Å²) in [4.78, 5) is 0.499. The first kappa shape index (κ1) is 10.1. The van der Waals surface area contributed by atoms with Gasteiger partial charge in [0.05, 0.1) is 15.3 Å². The Hall–Kier alpha value is -1.03. The topological polar surface area (TPSA) is 46.2 Å². The first-order valence-corrected chi connectivity index (χ1v) is 7.13. The number of benzene rings is 1. The summed E-state index contributed by atoms with van der Waals surface area (Å²) in [6.07, 6.45) is 2.63. The van der Waals surface area contributed by atoms with Crippen LogP contribution in [0.2, 0.25) is 0 Å². The zero-order chi connectivity index (χ0) is 11.4. The SMILES string of the molecule is Cc1ccc2c(c1)S(=O)(=O)C1(CCC1)CN2. The summed E-state index contributed by atoms with van der Waals surface area (Å²) in [5, 5.41) is 3.26. The predicted molar refractivity (Wildman–Crippen MR) is 63.4 cm³/mol. The van der Waals surface area contributed by atoms with Gasteiger partial charge in [-0.1, -0.05) is 12.5 Å². The van der Waals surface area contributed by atoms with Gasteiger partial charge in [-0.15, -0.1) is 0 Å². The Morgan fingerprint density at radius 1 is 1.31 bits per heavy atom. The van der Waals surface area contributed by atoms with Crippen molar-refractivity contribution in [2.75, 3.05) is 11.9 Å². The number of anilines is 1. The highest BCUT2D eigenvalue weighted by Gasteiger charge is 2.52. The summed E-state index contributed by atoms with van der Waals surface area (Å²) in [6, 6.07) is 5.60. The highest BCUT2D eigenvalue weighted by molar-refractivity contribution is 7.93. The molecule has 3 rings (SSSR count). The zero-order valence-electron chi connectivity index (χ0n) is 9.29. The number of aryl methyl sites for hydroxylation is 1. The molecule has 1 spiro atoms. The van der Waals surface area contributed by atoms with E-state index in [1.807, 2.05) is 19.1 Å². The average molecular weight is 237 g/mol. The average Bonchev–Trinajstić information content (AvgIpc) is 2.16. The molecule has 1 N–H and O–H groups in total. The van der Waals surface area contributed by atoms with Gasteiger partial charge in [-0.2, -0.15) is 0 Å². The maximum atomic E-state index is 12.5. The molecule has 1 aromatic rings. The zero-order valence-corrected chi connectivity index (χ0v) is 10.1. The van der Waals surface area contributed by atoms with Crippen LogP contribution in [-0.4, -0.2) is 19.7 Å². The van der Waals surface area contributed by atoms with Crippen molar-refractivity contribution in [1.82, 2.24) is 0 Å². The van der Waals surface area contributed by atoms with Crippen LogP contribution in [0.1, 0.15) is 24.8 Å². The summed E-state index contributed by atoms with van der Waals surface area (Å²) < 4.78 is 24.5. The van der Waals surface area contributed by atoms with Gasteiger partial charge in [0, 0.05) is 6.54 Å². The maximum absolute atomic E-state index is 12.5. The molecule has 0 unspecified atom stereocenters. The van der Waals surface area contributed by atoms with Gasteiger partial charge in [0.1, 0.15) is 0 Å². The first-order chi connectivity index (χ1) is 7.55. The van der Waals surface area contributed by atoms with Crippen molar-refractivity contribution >= 4 is 15.5 Å². The number of sulfone groups is 1. The van der Waals surface area contributed by atoms with Crippen molar-refractivity contribution in [3.05, 3.63) is 23.8 Å². The van der Waals surface area contributed by atoms with Gasteiger partial charge in [0.25, 0.3) is 0 Å². The number of hydrogen-bond donors (Lipinski definition) is 1. The number of nitrogens with one attached hydrogen (secondary N) is 1. The molecule has 1 saturated carbocycles. The molecule has 0 radical (unpaired) electrons. The van der Waals surface area contributed by atoms with E-state index in [9.17, 15) is 8.42 Å². The molecular formula is C12H15NO2S. The fourth-order valence-corrected chi connectivity index (χ4v) is 4.92. The van der Waals surface area contributed by atoms with Crippen LogP contribution in [0, 0.1) is 6.92 Å². The number of rotatable bonds is 0. The molecule has 1 fully saturated rings. The van der Waals surface area contributed by atoms with Crippen LogP contribution in [-0.2, 0) is 9.84 Å². The molecule has 1 aliphatic heterocycles. The molecule has 2 aliphatic rings. The summed E-state index contributed by atoms with van der Waals surface area (Å²) in [7, 11) is -3.13. The molecule has 0 bridgehead atoms. The molecule has 0 amide bonds. The molecule has 1 aromatic carbocycles. The Morgan fingerprint density at radius 2 is 2.06 bits per heavy atom. The van der Waals surface area contributed by atoms with Crippen LogP contribution in [0.15, 0.2) is 23.1 Å². The molecule has 0 atom stereocenters. The monoisotopic (exact) mass is 237 g/mol. The van der Waals surface area contributed by atoms with Crippen LogP contribution in [0.4, 0.5) is 5.69 Å². The summed E-state index contributed by atoms with van der Waals surface area (Å²) in [5.74, 6) is 0. The van der Waals surface area contributed by atoms with Gasteiger partial charge in [0.15, 0.2) is 9.84 Å². The largest absolute Gasteiger partial charge is 0.382 e. The highest BCUT2D eigenvalue weighted by Crippen LogP contribution is 2.47. The van der Waals surface area contributed by atoms with E-state index in [1.54, 1.807) is 6.07 Å². The molecule has 16 heavy (non-hydrogen) atoms. The van der Waals surface area contributed by atoms with E-state index in [0.29, 0.717) is 11.4 Å². The van der Waals surface area contributed by atoms with Crippen molar-refractivity contribution in [2.24, 2.45) is 0 Å². The third-order valence-electron chi connectivity index (χ3n) is 3.86. The van der Waals surface area contributed by atoms with Crippen molar-refractivity contribution in [2.45, 2.75) is 35.8 Å². The lowest BCUT2D eigenvalue weighted by Crippen LogP contribution is -2.53. The van der Waals surface area contributed by atoms with Gasteiger partial charge in [0.2, 0.25) is 0 Å². The van der Waals surface area contributed by atoms with E-state index in [2.05, 4.69) is 5.32 Å². The molecule has 1 aliphatic carbocycles. The fourth-order valence-electron chi connectivity index (χ4n) is 2.60. The summed E-state index contributed by atoms with van der Waals surface area (Å²) in [5.41, 5.74) is 1.77. The maximum Gasteiger partial charge on any atom is 0.187 e. The van der Waals surface area contributed by atoms with Crippen LogP contribution in [0.3, 0.4) is 0 Å². The van der Waals surface area contributed by atoms with Gasteiger partial charge >= 0.3 is 0 Å². The van der Waals surface area contributed by atoms with Crippen molar-refractivity contribution in [1.29, 1.82) is 0 Å². The van der Waals surface area contributed by atoms with Crippen LogP contribution < -0.4 is 5.32 Å². The molecule has 0 aromatic heterocycles. The smallest absolute Gasteiger partial charge is 0.187 e. The number of fused-ring (bicyclic) bond motifs is 1. The van der Waals surface area contributed by atoms with Crippen molar-refractivity contribution in [3.8, 4) is 0 Å². The Bertz CT molecular complexity index is 544. The second kappa shape index (κ2) is 3.00. The minimum absolute atomic E-state index is 0.499. The minimum Gasteiger partial charge on any atom is -0.382 e. The summed E-state index contributed by atoms with van der Waals surface area (Å²) >= 11 is 0. The molecule has 1 heterocycles. The van der Waals surface area contributed by atoms with Crippen LogP contribution in [0.5, 0.6) is 0 Å². The molecule has 3 nitrogen and oxygen atoms in total. The highest BCUT2D eigenvalue weighted by atomic mass is 32.2. The second-order valence-corrected chi connectivity index (χ2v) is 7.21. The molecule has 0 saturated heterocycles. The number of hydrogen-bond acceptors (Lipinski definition) is 3. The van der Waals surface area contributed by atoms with E-state index < -0.39 is 14.6 Å². The summed E-state index contributed by atoms with van der Waals surface area (Å²) in [6.45, 7) is 2.50. The van der Waals surface area contributed by atoms with Crippen molar-refractivity contribution in [3.63, 3.8) is 0 Å². The lowest BCUT2D eigenvalue weighted by Gasteiger charge is -2.44. The van der Waals surface area contributed by atoms with E-state index >= 15 is 0 Å². The Balaban J connectivity index is 2.22. The van der Waals surface area contributed by atoms with Gasteiger partial charge in [-0.25, -0.2) is 8.42 Å². The Kier molecular flexibility index (Phi) is 1.90. The third kappa shape index (κ3) is 1.11. The Morgan fingerprint density at radius 3 is 2.69 bits per heavy atom. The lowest BCUT2D eigenvalue weighted by molar-refractivity contribution is 0.347. The predicted octanol–water partition coefficient (Wildman–Crippen LogP) is 2.12. The van der Waals surface area contributed by atoms with Gasteiger partial charge < -0.3 is 5.32 Å². The lowest BCUT2D eigenvalue weighted by atomic mass is 9.84. The minimum atomic E-state index is -3.13. The van der Waals surface area contributed by atoms with Gasteiger partial charge in [-0.05, 0) is 37.5 Å². The molecule has 86 valence electrons.